The molecule has 2 aliphatic heterocycles. The molecule has 11 aromatic rings. The van der Waals surface area contributed by atoms with Crippen molar-refractivity contribution in [1.82, 2.24) is 9.80 Å². The van der Waals surface area contributed by atoms with Gasteiger partial charge in [0.05, 0.1) is 12.3 Å². The van der Waals surface area contributed by atoms with E-state index in [0.29, 0.717) is 45.9 Å². The molecule has 0 saturated heterocycles. The van der Waals surface area contributed by atoms with E-state index in [1.54, 1.807) is 0 Å². The molecule has 0 fully saturated rings. The summed E-state index contributed by atoms with van der Waals surface area (Å²) in [7, 11) is -4.37. The SMILES string of the molecule is O=C1c2ccc3c4ccc5c6c(ccc(c7ccc(c2c37)C(=O)N1CCC[P+](c1ccccc1)(c1ccccc1)c1ccccc1)c64)C(=O)N(CCC[P+](c1ccccc1)(c1ccccc1)c1ccccc1)C5=O. The molecule has 11 aromatic carbocycles. The monoisotopic (exact) mass is 996 g/mol. The number of benzene rings is 11. The van der Waals surface area contributed by atoms with Crippen molar-refractivity contribution in [1.29, 1.82) is 0 Å². The Kier molecular flexibility index (Phi) is 11.4. The van der Waals surface area contributed by atoms with Crippen LogP contribution in [0, 0.1) is 0 Å². The first-order chi connectivity index (χ1) is 36.4. The fraction of sp³-hybridized carbons (Fsp3) is 0.0909. The summed E-state index contributed by atoms with van der Waals surface area (Å²) in [6, 6.07) is 79.5. The first kappa shape index (κ1) is 45.7. The highest BCUT2D eigenvalue weighted by atomic mass is 31.2. The number of hydrogen-bond donors (Lipinski definition) is 0. The van der Waals surface area contributed by atoms with Gasteiger partial charge in [-0.3, -0.25) is 29.0 Å². The highest BCUT2D eigenvalue weighted by molar-refractivity contribution is 7.96. The van der Waals surface area contributed by atoms with Crippen molar-refractivity contribution in [2.24, 2.45) is 0 Å². The second kappa shape index (κ2) is 18.4. The van der Waals surface area contributed by atoms with Crippen LogP contribution in [0.1, 0.15) is 54.3 Å². The molecule has 0 aromatic heterocycles. The maximum absolute atomic E-state index is 14.8. The summed E-state index contributed by atoms with van der Waals surface area (Å²) in [6.07, 6.45) is 2.78. The zero-order valence-corrected chi connectivity index (χ0v) is 42.4. The maximum atomic E-state index is 14.8. The Hall–Kier alpha value is -8.14. The van der Waals surface area contributed by atoms with Gasteiger partial charge in [0.15, 0.2) is 0 Å². The van der Waals surface area contributed by atoms with E-state index in [2.05, 4.69) is 146 Å². The number of rotatable bonds is 14. The lowest BCUT2D eigenvalue weighted by Crippen LogP contribution is -2.42. The molecule has 0 spiro atoms. The Morgan fingerprint density at radius 3 is 0.689 bits per heavy atom. The van der Waals surface area contributed by atoms with Crippen LogP contribution in [-0.4, -0.2) is 58.8 Å². The quantitative estimate of drug-likeness (QED) is 0.0471. The van der Waals surface area contributed by atoms with Crippen LogP contribution >= 0.6 is 14.5 Å². The number of fused-ring (bicyclic) bond motifs is 2. The van der Waals surface area contributed by atoms with Crippen molar-refractivity contribution in [2.75, 3.05) is 25.4 Å². The summed E-state index contributed by atoms with van der Waals surface area (Å²) in [6.45, 7) is 0.553. The van der Waals surface area contributed by atoms with Crippen LogP contribution in [0.15, 0.2) is 231 Å². The van der Waals surface area contributed by atoms with Gasteiger partial charge in [-0.05, 0) is 129 Å². The van der Waals surface area contributed by atoms with E-state index in [-0.39, 0.29) is 36.7 Å². The van der Waals surface area contributed by atoms with E-state index in [4.69, 9.17) is 0 Å². The Bertz CT molecular complexity index is 3410. The first-order valence-corrected chi connectivity index (χ1v) is 29.4. The summed E-state index contributed by atoms with van der Waals surface area (Å²) in [4.78, 5) is 62.0. The van der Waals surface area contributed by atoms with Gasteiger partial charge < -0.3 is 0 Å². The van der Waals surface area contributed by atoms with E-state index in [0.717, 1.165) is 44.6 Å². The van der Waals surface area contributed by atoms with Gasteiger partial charge in [-0.25, -0.2) is 0 Å². The van der Waals surface area contributed by atoms with E-state index < -0.39 is 14.5 Å². The molecule has 0 N–H and O–H groups in total. The van der Waals surface area contributed by atoms with Crippen LogP contribution < -0.4 is 31.8 Å². The predicted octanol–water partition coefficient (Wildman–Crippen LogP) is 11.7. The van der Waals surface area contributed by atoms with Gasteiger partial charge in [0.2, 0.25) is 0 Å². The van der Waals surface area contributed by atoms with Crippen molar-refractivity contribution in [3.8, 4) is 0 Å². The molecule has 4 amide bonds. The summed E-state index contributed by atoms with van der Waals surface area (Å²) in [5, 5.41) is 14.1. The lowest BCUT2D eigenvalue weighted by atomic mass is 9.82. The molecule has 0 bridgehead atoms. The van der Waals surface area contributed by atoms with Gasteiger partial charge in [0.25, 0.3) is 23.6 Å². The molecule has 8 heteroatoms. The highest BCUT2D eigenvalue weighted by Crippen LogP contribution is 2.57. The van der Waals surface area contributed by atoms with Gasteiger partial charge in [-0.1, -0.05) is 133 Å². The first-order valence-electron chi connectivity index (χ1n) is 25.4. The zero-order chi connectivity index (χ0) is 50.0. The second-order valence-corrected chi connectivity index (χ2v) is 26.7. The van der Waals surface area contributed by atoms with Crippen molar-refractivity contribution >= 4 is 113 Å². The molecule has 0 radical (unpaired) electrons. The fourth-order valence-electron chi connectivity index (χ4n) is 12.5. The summed E-state index contributed by atoms with van der Waals surface area (Å²) in [5.41, 5.74) is 2.01. The molecule has 0 saturated carbocycles. The number of imide groups is 2. The highest BCUT2D eigenvalue weighted by Gasteiger charge is 2.47. The van der Waals surface area contributed by atoms with Crippen LogP contribution in [0.5, 0.6) is 0 Å². The van der Waals surface area contributed by atoms with E-state index in [9.17, 15) is 19.2 Å². The van der Waals surface area contributed by atoms with Crippen molar-refractivity contribution in [3.05, 3.63) is 253 Å². The van der Waals surface area contributed by atoms with Crippen LogP contribution in [0.3, 0.4) is 0 Å². The third-order valence-corrected chi connectivity index (χ3v) is 24.8. The van der Waals surface area contributed by atoms with Crippen LogP contribution in [0.4, 0.5) is 0 Å². The van der Waals surface area contributed by atoms with Crippen LogP contribution in [0.25, 0.3) is 43.1 Å². The molecule has 6 nitrogen and oxygen atoms in total. The summed E-state index contributed by atoms with van der Waals surface area (Å²) in [5.74, 6) is -1.18. The largest absolute Gasteiger partial charge is 0.274 e. The Labute approximate surface area is 430 Å². The third kappa shape index (κ3) is 7.00. The minimum atomic E-state index is -2.19. The molecule has 0 unspecified atom stereocenters. The Morgan fingerprint density at radius 2 is 0.473 bits per heavy atom. The predicted molar refractivity (Wildman–Crippen MR) is 308 cm³/mol. The van der Waals surface area contributed by atoms with Crippen molar-refractivity contribution in [2.45, 2.75) is 12.8 Å². The Balaban J connectivity index is 0.826. The van der Waals surface area contributed by atoms with Crippen LogP contribution in [0.2, 0.25) is 0 Å². The minimum absolute atomic E-state index is 0.276. The zero-order valence-electron chi connectivity index (χ0n) is 40.6. The van der Waals surface area contributed by atoms with Gasteiger partial charge in [-0.15, -0.1) is 0 Å². The Morgan fingerprint density at radius 1 is 0.257 bits per heavy atom. The molecule has 0 atom stereocenters. The van der Waals surface area contributed by atoms with Crippen molar-refractivity contribution < 1.29 is 19.2 Å². The molecule has 2 aliphatic rings. The average Bonchev–Trinajstić information content (AvgIpc) is 3.47. The number of hydrogen-bond acceptors (Lipinski definition) is 4. The number of amides is 4. The molecular formula is C66H50N2O4P2+2. The number of carbonyl (C=O) groups excluding carboxylic acids is 4. The third-order valence-electron chi connectivity index (χ3n) is 15.7. The summed E-state index contributed by atoms with van der Waals surface area (Å²) < 4.78 is 0. The van der Waals surface area contributed by atoms with Crippen molar-refractivity contribution in [3.63, 3.8) is 0 Å². The lowest BCUT2D eigenvalue weighted by molar-refractivity contribution is 0.0595. The maximum Gasteiger partial charge on any atom is 0.261 e. The topological polar surface area (TPSA) is 74.8 Å². The molecule has 13 rings (SSSR count). The van der Waals surface area contributed by atoms with Gasteiger partial charge >= 0.3 is 0 Å². The molecule has 2 heterocycles. The standard InChI is InChI=1S/C66H50N2O4P2/c69-63-55-37-33-51-53-35-39-57-62-58(66(72)68(65(57)71)42-20-44-74(48-27-13-4-14-28-48,49-29-15-5-16-30-49)50-31-17-6-18-32-50)40-36-54(60(53)62)52-34-38-56(61(55)59(51)52)64(70)67(63)41-19-43-73(45-21-7-1-8-22-45,46-23-9-2-10-24-46)47-25-11-3-12-26-47/h1-18,21-40H,19-20,41-44H2/q+2. The van der Waals surface area contributed by atoms with Crippen LogP contribution in [-0.2, 0) is 0 Å². The van der Waals surface area contributed by atoms with Gasteiger partial charge in [0, 0.05) is 59.0 Å². The molecule has 74 heavy (non-hydrogen) atoms. The lowest BCUT2D eigenvalue weighted by Gasteiger charge is -2.31. The van der Waals surface area contributed by atoms with Gasteiger partial charge in [0.1, 0.15) is 46.4 Å². The molecule has 0 aliphatic carbocycles. The normalized spacial score (nSPS) is 13.8. The summed E-state index contributed by atoms with van der Waals surface area (Å²) >= 11 is 0. The number of nitrogens with zero attached hydrogens (tertiary/aromatic N) is 2. The van der Waals surface area contributed by atoms with E-state index in [1.165, 1.54) is 41.6 Å². The fourth-order valence-corrected chi connectivity index (χ4v) is 21.1. The van der Waals surface area contributed by atoms with E-state index >= 15 is 0 Å². The molecular weight excluding hydrogens is 947 g/mol. The minimum Gasteiger partial charge on any atom is -0.274 e. The molecule has 356 valence electrons. The second-order valence-electron chi connectivity index (χ2n) is 19.5. The van der Waals surface area contributed by atoms with Gasteiger partial charge in [-0.2, -0.15) is 0 Å². The number of carbonyl (C=O) groups is 4. The van der Waals surface area contributed by atoms with E-state index in [1.807, 2.05) is 84.9 Å². The smallest absolute Gasteiger partial charge is 0.261 e. The average molecular weight is 997 g/mol.